The smallest absolute Gasteiger partial charge is 0.321 e. The fourth-order valence-corrected chi connectivity index (χ4v) is 3.82. The van der Waals surface area contributed by atoms with Gasteiger partial charge >= 0.3 is 6.03 Å². The van der Waals surface area contributed by atoms with Crippen LogP contribution in [-0.2, 0) is 11.3 Å². The molecule has 1 saturated heterocycles. The van der Waals surface area contributed by atoms with Gasteiger partial charge in [0.1, 0.15) is 0 Å². The van der Waals surface area contributed by atoms with Crippen molar-refractivity contribution in [3.05, 3.63) is 53.1 Å². The van der Waals surface area contributed by atoms with E-state index in [4.69, 9.17) is 21.1 Å². The van der Waals surface area contributed by atoms with Gasteiger partial charge in [0.15, 0.2) is 11.5 Å². The predicted octanol–water partition coefficient (Wildman–Crippen LogP) is 4.31. The molecule has 0 saturated carbocycles. The Balaban J connectivity index is 1.41. The maximum absolute atomic E-state index is 12.4. The Morgan fingerprint density at radius 2 is 1.81 bits per heavy atom. The minimum atomic E-state index is -0.140. The van der Waals surface area contributed by atoms with E-state index in [1.54, 1.807) is 43.4 Å². The van der Waals surface area contributed by atoms with Crippen LogP contribution in [0.25, 0.3) is 0 Å². The zero-order valence-electron chi connectivity index (χ0n) is 17.8. The molecule has 1 aliphatic rings. The van der Waals surface area contributed by atoms with Crippen LogP contribution in [0.1, 0.15) is 24.8 Å². The summed E-state index contributed by atoms with van der Waals surface area (Å²) in [6.45, 7) is 1.68. The van der Waals surface area contributed by atoms with Crippen molar-refractivity contribution in [1.29, 1.82) is 0 Å². The lowest BCUT2D eigenvalue weighted by molar-refractivity contribution is -0.122. The summed E-state index contributed by atoms with van der Waals surface area (Å²) in [6.07, 6.45) is 2.05. The normalized spacial score (nSPS) is 14.1. The summed E-state index contributed by atoms with van der Waals surface area (Å²) >= 11 is 5.96. The summed E-state index contributed by atoms with van der Waals surface area (Å²) in [6, 6.07) is 12.5. The van der Waals surface area contributed by atoms with Crippen molar-refractivity contribution >= 4 is 29.2 Å². The van der Waals surface area contributed by atoms with Gasteiger partial charge in [0.2, 0.25) is 5.91 Å². The Morgan fingerprint density at radius 3 is 2.48 bits per heavy atom. The Labute approximate surface area is 187 Å². The van der Waals surface area contributed by atoms with Crippen molar-refractivity contribution in [2.45, 2.75) is 25.8 Å². The van der Waals surface area contributed by atoms with Gasteiger partial charge in [-0.3, -0.25) is 4.79 Å². The van der Waals surface area contributed by atoms with Crippen LogP contribution in [0.15, 0.2) is 42.5 Å². The Kier molecular flexibility index (Phi) is 8.00. The lowest BCUT2D eigenvalue weighted by Gasteiger charge is -2.31. The number of hydrogen-bond acceptors (Lipinski definition) is 4. The number of carbonyl (C=O) groups is 2. The molecule has 0 unspecified atom stereocenters. The van der Waals surface area contributed by atoms with E-state index in [1.165, 1.54) is 0 Å². The number of benzene rings is 2. The highest BCUT2D eigenvalue weighted by atomic mass is 35.5. The number of nitrogens with zero attached hydrogens (tertiary/aromatic N) is 1. The predicted molar refractivity (Wildman–Crippen MR) is 121 cm³/mol. The van der Waals surface area contributed by atoms with Crippen molar-refractivity contribution in [2.75, 3.05) is 32.6 Å². The highest BCUT2D eigenvalue weighted by Crippen LogP contribution is 2.27. The third-order valence-corrected chi connectivity index (χ3v) is 5.62. The van der Waals surface area contributed by atoms with Gasteiger partial charge in [0, 0.05) is 36.8 Å². The largest absolute Gasteiger partial charge is 0.493 e. The van der Waals surface area contributed by atoms with Crippen LogP contribution >= 0.6 is 11.6 Å². The lowest BCUT2D eigenvalue weighted by atomic mass is 9.93. The monoisotopic (exact) mass is 445 g/mol. The number of likely N-dealkylation sites (tertiary alicyclic amines) is 1. The molecule has 0 spiro atoms. The van der Waals surface area contributed by atoms with Crippen LogP contribution in [0.2, 0.25) is 5.02 Å². The number of urea groups is 1. The molecule has 3 rings (SSSR count). The van der Waals surface area contributed by atoms with Gasteiger partial charge in [-0.15, -0.1) is 0 Å². The van der Waals surface area contributed by atoms with Gasteiger partial charge in [0.05, 0.1) is 14.2 Å². The quantitative estimate of drug-likeness (QED) is 0.665. The molecule has 0 aromatic heterocycles. The van der Waals surface area contributed by atoms with Crippen molar-refractivity contribution in [2.24, 2.45) is 5.92 Å². The van der Waals surface area contributed by atoms with E-state index < -0.39 is 0 Å². The van der Waals surface area contributed by atoms with Gasteiger partial charge in [-0.2, -0.15) is 0 Å². The molecule has 166 valence electrons. The fraction of sp³-hybridized carbons (Fsp3) is 0.391. The first-order valence-electron chi connectivity index (χ1n) is 10.3. The highest BCUT2D eigenvalue weighted by Gasteiger charge is 2.24. The number of carbonyl (C=O) groups excluding carboxylic acids is 2. The SMILES string of the molecule is COc1ccc(CNC(=O)CC2CCN(C(=O)Nc3cccc(Cl)c3)CC2)cc1OC. The second-order valence-electron chi connectivity index (χ2n) is 7.54. The summed E-state index contributed by atoms with van der Waals surface area (Å²) in [4.78, 5) is 26.6. The summed E-state index contributed by atoms with van der Waals surface area (Å²) in [5.41, 5.74) is 1.62. The maximum atomic E-state index is 12.4. The molecule has 3 amide bonds. The average molecular weight is 446 g/mol. The number of halogens is 1. The fourth-order valence-electron chi connectivity index (χ4n) is 3.63. The minimum absolute atomic E-state index is 0.0108. The van der Waals surface area contributed by atoms with Crippen LogP contribution in [0.4, 0.5) is 10.5 Å². The Hall–Kier alpha value is -2.93. The first kappa shape index (κ1) is 22.7. The van der Waals surface area contributed by atoms with Gasteiger partial charge in [-0.05, 0) is 54.7 Å². The van der Waals surface area contributed by atoms with Crippen molar-refractivity contribution in [3.8, 4) is 11.5 Å². The van der Waals surface area contributed by atoms with E-state index in [0.29, 0.717) is 48.3 Å². The Morgan fingerprint density at radius 1 is 1.06 bits per heavy atom. The summed E-state index contributed by atoms with van der Waals surface area (Å²) in [7, 11) is 3.17. The molecule has 1 fully saturated rings. The third kappa shape index (κ3) is 6.52. The summed E-state index contributed by atoms with van der Waals surface area (Å²) < 4.78 is 10.5. The molecule has 8 heteroatoms. The number of amides is 3. The maximum Gasteiger partial charge on any atom is 0.321 e. The molecule has 2 aromatic rings. The number of ether oxygens (including phenoxy) is 2. The molecule has 0 radical (unpaired) electrons. The molecule has 2 aromatic carbocycles. The van der Waals surface area contributed by atoms with Crippen molar-refractivity contribution in [1.82, 2.24) is 10.2 Å². The van der Waals surface area contributed by atoms with Crippen molar-refractivity contribution in [3.63, 3.8) is 0 Å². The minimum Gasteiger partial charge on any atom is -0.493 e. The Bertz CT molecular complexity index is 913. The number of rotatable bonds is 7. The average Bonchev–Trinajstić information content (AvgIpc) is 2.78. The molecular weight excluding hydrogens is 418 g/mol. The first-order valence-corrected chi connectivity index (χ1v) is 10.7. The van der Waals surface area contributed by atoms with E-state index in [9.17, 15) is 9.59 Å². The third-order valence-electron chi connectivity index (χ3n) is 5.39. The zero-order chi connectivity index (χ0) is 22.2. The molecule has 1 aliphatic heterocycles. The summed E-state index contributed by atoms with van der Waals surface area (Å²) in [5.74, 6) is 1.57. The number of anilines is 1. The number of piperidine rings is 1. The second-order valence-corrected chi connectivity index (χ2v) is 7.98. The van der Waals surface area contributed by atoms with E-state index >= 15 is 0 Å². The molecule has 7 nitrogen and oxygen atoms in total. The molecule has 0 bridgehead atoms. The van der Waals surface area contributed by atoms with Gasteiger partial charge in [-0.1, -0.05) is 23.7 Å². The van der Waals surface area contributed by atoms with Crippen LogP contribution < -0.4 is 20.1 Å². The molecule has 31 heavy (non-hydrogen) atoms. The molecule has 2 N–H and O–H groups in total. The van der Waals surface area contributed by atoms with Crippen LogP contribution in [0.3, 0.4) is 0 Å². The topological polar surface area (TPSA) is 79.9 Å². The van der Waals surface area contributed by atoms with Gasteiger partial charge in [0.25, 0.3) is 0 Å². The number of hydrogen-bond donors (Lipinski definition) is 2. The number of methoxy groups -OCH3 is 2. The van der Waals surface area contributed by atoms with E-state index in [2.05, 4.69) is 10.6 Å². The van der Waals surface area contributed by atoms with Gasteiger partial charge in [-0.25, -0.2) is 4.79 Å². The van der Waals surface area contributed by atoms with Crippen molar-refractivity contribution < 1.29 is 19.1 Å². The van der Waals surface area contributed by atoms with Gasteiger partial charge < -0.3 is 25.0 Å². The first-order chi connectivity index (χ1) is 15.0. The zero-order valence-corrected chi connectivity index (χ0v) is 18.6. The number of nitrogens with one attached hydrogen (secondary N) is 2. The highest BCUT2D eigenvalue weighted by molar-refractivity contribution is 6.30. The van der Waals surface area contributed by atoms with Crippen LogP contribution in [-0.4, -0.2) is 44.1 Å². The van der Waals surface area contributed by atoms with E-state index in [1.807, 2.05) is 18.2 Å². The van der Waals surface area contributed by atoms with Crippen LogP contribution in [0.5, 0.6) is 11.5 Å². The summed E-state index contributed by atoms with van der Waals surface area (Å²) in [5, 5.41) is 6.41. The standard InChI is InChI=1S/C23H28ClN3O4/c1-30-20-7-6-17(12-21(20)31-2)15-25-22(28)13-16-8-10-27(11-9-16)23(29)26-19-5-3-4-18(24)14-19/h3-7,12,14,16H,8-11,13,15H2,1-2H3,(H,25,28)(H,26,29). The van der Waals surface area contributed by atoms with E-state index in [-0.39, 0.29) is 17.9 Å². The second kappa shape index (κ2) is 10.9. The molecular formula is C23H28ClN3O4. The molecule has 0 aliphatic carbocycles. The van der Waals surface area contributed by atoms with Crippen LogP contribution in [0, 0.1) is 5.92 Å². The molecule has 0 atom stereocenters. The molecule has 1 heterocycles. The lowest BCUT2D eigenvalue weighted by Crippen LogP contribution is -2.41. The van der Waals surface area contributed by atoms with E-state index in [0.717, 1.165) is 18.4 Å².